The zero-order chi connectivity index (χ0) is 59.1. The van der Waals surface area contributed by atoms with Crippen LogP contribution in [0.15, 0.2) is 89.9 Å². The van der Waals surface area contributed by atoms with Crippen LogP contribution in [-0.2, 0) is 16.0 Å². The second-order valence-electron chi connectivity index (χ2n) is 27.4. The van der Waals surface area contributed by atoms with Gasteiger partial charge in [-0.05, 0) is 200 Å². The van der Waals surface area contributed by atoms with Gasteiger partial charge in [-0.15, -0.1) is 5.92 Å². The van der Waals surface area contributed by atoms with Crippen LogP contribution in [0.5, 0.6) is 11.5 Å². The van der Waals surface area contributed by atoms with Crippen molar-refractivity contribution < 1.29 is 45.0 Å². The maximum atomic E-state index is 15.3. The van der Waals surface area contributed by atoms with E-state index in [0.717, 1.165) is 58.7 Å². The third kappa shape index (κ3) is 10.4. The molecule has 3 aromatic carbocycles. The fraction of sp³-hybridized carbons (Fsp3) is 0.577. The van der Waals surface area contributed by atoms with Crippen molar-refractivity contribution in [2.45, 2.75) is 182 Å². The zero-order valence-electron chi connectivity index (χ0n) is 49.5. The second-order valence-corrected chi connectivity index (χ2v) is 27.4. The highest BCUT2D eigenvalue weighted by Crippen LogP contribution is 2.67. The number of hydrogen-bond acceptors (Lipinski definition) is 13. The van der Waals surface area contributed by atoms with Crippen LogP contribution in [0.2, 0.25) is 0 Å². The molecule has 450 valence electrons. The monoisotopic (exact) mass is 1150 g/mol. The average molecular weight is 1150 g/mol. The number of fused-ring (bicyclic) bond motifs is 7. The lowest BCUT2D eigenvalue weighted by atomic mass is 9.41. The number of nitrogens with one attached hydrogen (secondary N) is 4. The molecule has 1 aromatic heterocycles. The van der Waals surface area contributed by atoms with E-state index in [0.29, 0.717) is 75.2 Å². The number of aromatic hydroxyl groups is 1. The average Bonchev–Trinajstić information content (AvgIpc) is 1.62. The number of benzene rings is 3. The number of aliphatic hydroxyl groups excluding tert-OH is 4. The number of piperidine rings is 1. The number of aromatic amines is 1. The maximum Gasteiger partial charge on any atom is 0.160 e. The summed E-state index contributed by atoms with van der Waals surface area (Å²) in [6.45, 7) is 5.74. The van der Waals surface area contributed by atoms with Crippen molar-refractivity contribution in [2.75, 3.05) is 20.2 Å². The van der Waals surface area contributed by atoms with Crippen LogP contribution in [-0.4, -0.2) is 110 Å². The molecule has 4 saturated carbocycles. The highest BCUT2D eigenvalue weighted by Gasteiger charge is 2.65. The number of methoxy groups -OCH3 is 1. The van der Waals surface area contributed by atoms with E-state index in [2.05, 4.69) is 101 Å². The number of ketones is 2. The minimum Gasteiger partial charge on any atom is -0.504 e. The molecule has 4 aromatic rings. The number of allylic oxidation sites excluding steroid dienone is 2. The van der Waals surface area contributed by atoms with E-state index in [-0.39, 0.29) is 132 Å². The van der Waals surface area contributed by atoms with Crippen molar-refractivity contribution >= 4 is 22.3 Å². The first-order valence-corrected chi connectivity index (χ1v) is 32.0. The lowest BCUT2D eigenvalue weighted by Gasteiger charge is -2.66. The van der Waals surface area contributed by atoms with Crippen molar-refractivity contribution in [1.82, 2.24) is 20.9 Å². The van der Waals surface area contributed by atoms with Crippen molar-refractivity contribution in [3.8, 4) is 35.2 Å². The van der Waals surface area contributed by atoms with E-state index in [1.807, 2.05) is 18.2 Å². The van der Waals surface area contributed by atoms with Gasteiger partial charge in [-0.25, -0.2) is 0 Å². The van der Waals surface area contributed by atoms with Crippen LogP contribution >= 0.6 is 0 Å². The first-order valence-electron chi connectivity index (χ1n) is 32.0. The summed E-state index contributed by atoms with van der Waals surface area (Å²) >= 11 is 0. The molecule has 4 bridgehead atoms. The summed E-state index contributed by atoms with van der Waals surface area (Å²) in [7, 11) is 1.49. The Labute approximate surface area is 500 Å². The molecule has 19 atom stereocenters. The van der Waals surface area contributed by atoms with Crippen LogP contribution in [0.1, 0.15) is 162 Å². The van der Waals surface area contributed by atoms with Gasteiger partial charge in [-0.2, -0.15) is 0 Å². The molecule has 85 heavy (non-hydrogen) atoms. The number of aromatic nitrogens is 1. The minimum absolute atomic E-state index is 0.00184. The first-order chi connectivity index (χ1) is 41.1. The molecule has 0 radical (unpaired) electrons. The normalized spacial score (nSPS) is 35.8. The number of ether oxygens (including phenoxy) is 1. The fourth-order valence-corrected chi connectivity index (χ4v) is 19.1. The van der Waals surface area contributed by atoms with Gasteiger partial charge in [-0.1, -0.05) is 73.6 Å². The predicted octanol–water partition coefficient (Wildman–Crippen LogP) is 7.97. The van der Waals surface area contributed by atoms with E-state index >= 15 is 4.79 Å². The van der Waals surface area contributed by atoms with Crippen LogP contribution in [0.4, 0.5) is 0 Å². The minimum atomic E-state index is -1.50. The molecule has 10 aliphatic rings. The van der Waals surface area contributed by atoms with Crippen molar-refractivity contribution in [3.05, 3.63) is 118 Å². The second kappa shape index (κ2) is 23.3. The molecule has 0 amide bonds. The number of aryl methyl sites for hydroxylation is 1. The number of Topliss-reactive ketones (excluding diaryl/α,β-unsaturated/α-hetero) is 2. The predicted molar refractivity (Wildman–Crippen MR) is 326 cm³/mol. The molecule has 1 spiro atoms. The smallest absolute Gasteiger partial charge is 0.160 e. The van der Waals surface area contributed by atoms with Gasteiger partial charge in [0.05, 0.1) is 31.2 Å². The van der Waals surface area contributed by atoms with Crippen LogP contribution in [0.25, 0.3) is 10.8 Å². The Morgan fingerprint density at radius 3 is 2.53 bits per heavy atom. The van der Waals surface area contributed by atoms with Crippen molar-refractivity contribution in [3.63, 3.8) is 0 Å². The number of H-pyrrole nitrogens is 1. The third-order valence-electron chi connectivity index (χ3n) is 23.1. The molecule has 6 aliphatic carbocycles. The van der Waals surface area contributed by atoms with Gasteiger partial charge < -0.3 is 62.0 Å². The van der Waals surface area contributed by atoms with Crippen molar-refractivity contribution in [2.24, 2.45) is 58.5 Å². The number of phenols is 1. The van der Waals surface area contributed by atoms with Crippen LogP contribution in [0.3, 0.4) is 0 Å². The Morgan fingerprint density at radius 1 is 0.894 bits per heavy atom. The number of phenolic OH excluding ortho intramolecular Hbond substituents is 1. The zero-order valence-corrected chi connectivity index (χ0v) is 49.5. The summed E-state index contributed by atoms with van der Waals surface area (Å²) in [6, 6.07) is 20.1. The standard InChI is InChI=1S/C71H87N5O9/c1-4-38-36-74-62(72)35-51(38)50(41-15-14-39-9-5-6-10-40(39)27-41)34-57(79)56(78)28-43-20-24-71(60(81)18-16-42-29-59(85-3)58(80)33-49(42)43)25-21-44(30-61(71)82)64-48(17-19-63(83)84)65-54-13-7-11-45-12-8-23-70(45,2)75-37-53(64)67-68(65)66-52(47-22-26-73-69(47)67)31-46(77)32-55(66)76-54/h5-6,9-10,14-15,22,26-27,29,33,35,43-45,48,50,52-57,61,63-68,73-76,78-80,82-84H,4,8,12-13,16-19,21,23,25,28,30-32,34,36-37,72H2,1-3H3. The molecule has 14 nitrogen and oxygen atoms in total. The maximum absolute atomic E-state index is 15.3. The molecule has 5 fully saturated rings. The highest BCUT2D eigenvalue weighted by molar-refractivity contribution is 5.89. The summed E-state index contributed by atoms with van der Waals surface area (Å²) in [4.78, 5) is 32.8. The van der Waals surface area contributed by atoms with E-state index in [9.17, 15) is 35.4 Å². The van der Waals surface area contributed by atoms with Gasteiger partial charge in [0.15, 0.2) is 23.6 Å². The number of dihydropyridines is 1. The number of carbonyl (C=O) groups excluding carboxylic acids is 2. The van der Waals surface area contributed by atoms with Crippen LogP contribution in [0, 0.1) is 76.4 Å². The van der Waals surface area contributed by atoms with Crippen molar-refractivity contribution in [1.29, 1.82) is 0 Å². The lowest BCUT2D eigenvalue weighted by molar-refractivity contribution is -0.147. The summed E-state index contributed by atoms with van der Waals surface area (Å²) in [5, 5.41) is 84.7. The summed E-state index contributed by atoms with van der Waals surface area (Å²) in [5.41, 5.74) is 11.8. The lowest BCUT2D eigenvalue weighted by Crippen LogP contribution is -2.69. The fourth-order valence-electron chi connectivity index (χ4n) is 19.1. The van der Waals surface area contributed by atoms with Gasteiger partial charge in [0, 0.05) is 85.4 Å². The summed E-state index contributed by atoms with van der Waals surface area (Å²) in [5.74, 6) is 15.1. The van der Waals surface area contributed by atoms with E-state index in [4.69, 9.17) is 10.5 Å². The molecule has 19 unspecified atom stereocenters. The Kier molecular flexibility index (Phi) is 15.9. The van der Waals surface area contributed by atoms with Gasteiger partial charge in [0.2, 0.25) is 0 Å². The van der Waals surface area contributed by atoms with Gasteiger partial charge >= 0.3 is 0 Å². The first kappa shape index (κ1) is 58.1. The highest BCUT2D eigenvalue weighted by atomic mass is 16.5. The Balaban J connectivity index is 0.857. The van der Waals surface area contributed by atoms with Crippen LogP contribution < -0.4 is 26.4 Å². The SMILES string of the molecule is CCC1=C(C(CC(O)C(O)CC2C#CC3(CCC(C4C5CNC6(C)CCCC6C#CCC6NC7CC(=O)CC8c9cc[nH]c9C5C(C78)C6C4CCC(O)O)CC3O)C(=O)CCc3cc(OC)c(O)cc32)c2ccc3ccccc3c2)C=C(N)NC1. The molecule has 4 aliphatic heterocycles. The van der Waals surface area contributed by atoms with E-state index in [1.54, 1.807) is 12.1 Å². The molecule has 14 rings (SSSR count). The van der Waals surface area contributed by atoms with Gasteiger partial charge in [0.1, 0.15) is 11.2 Å². The topological polar surface area (TPSA) is 243 Å². The molecular weight excluding hydrogens is 1070 g/mol. The number of nitrogens with two attached hydrogens (primary N) is 1. The number of rotatable bonds is 13. The molecule has 14 heteroatoms. The van der Waals surface area contributed by atoms with Gasteiger partial charge in [-0.3, -0.25) is 9.59 Å². The third-order valence-corrected chi connectivity index (χ3v) is 23.1. The largest absolute Gasteiger partial charge is 0.504 e. The Bertz CT molecular complexity index is 3420. The van der Waals surface area contributed by atoms with E-state index in [1.165, 1.54) is 18.4 Å². The van der Waals surface area contributed by atoms with E-state index < -0.39 is 35.9 Å². The Hall–Kier alpha value is -5.94. The number of carbonyl (C=O) groups is 2. The molecule has 5 heterocycles. The summed E-state index contributed by atoms with van der Waals surface area (Å²) in [6.07, 6.45) is 6.91. The number of aliphatic hydroxyl groups is 5. The quantitative estimate of drug-likeness (QED) is 0.0450. The number of hydrogen-bond donors (Lipinski definition) is 11. The molecule has 12 N–H and O–H groups in total. The van der Waals surface area contributed by atoms with Gasteiger partial charge in [0.25, 0.3) is 0 Å². The molecule has 1 saturated heterocycles. The molecular formula is C71H87N5O9. The Morgan fingerprint density at radius 2 is 1.73 bits per heavy atom. The summed E-state index contributed by atoms with van der Waals surface area (Å²) < 4.78 is 5.62.